The largest absolute Gasteiger partial charge is 0.503 e. The van der Waals surface area contributed by atoms with Crippen molar-refractivity contribution in [2.24, 2.45) is 0 Å². The molecular weight excluding hydrogens is 366 g/mol. The number of halogens is 1. The van der Waals surface area contributed by atoms with Crippen LogP contribution in [0.5, 0.6) is 11.5 Å². The van der Waals surface area contributed by atoms with Crippen molar-refractivity contribution in [3.63, 3.8) is 0 Å². The van der Waals surface area contributed by atoms with Crippen LogP contribution < -0.4 is 4.74 Å². The van der Waals surface area contributed by atoms with Crippen LogP contribution in [0.3, 0.4) is 0 Å². The highest BCUT2D eigenvalue weighted by Gasteiger charge is 2.17. The number of nitro groups is 1. The summed E-state index contributed by atoms with van der Waals surface area (Å²) in [7, 11) is 1.41. The molecule has 0 atom stereocenters. The van der Waals surface area contributed by atoms with E-state index in [-0.39, 0.29) is 22.7 Å². The van der Waals surface area contributed by atoms with Crippen LogP contribution in [0.1, 0.15) is 15.9 Å². The second-order valence-corrected chi connectivity index (χ2v) is 5.38. The molecule has 7 heteroatoms. The number of methoxy groups -OCH3 is 1. The summed E-state index contributed by atoms with van der Waals surface area (Å²) >= 11 is 3.18. The Balaban J connectivity index is 2.33. The fourth-order valence-electron chi connectivity index (χ4n) is 1.95. The Morgan fingerprint density at radius 1 is 1.35 bits per heavy atom. The molecule has 0 saturated carbocycles. The van der Waals surface area contributed by atoms with E-state index in [1.54, 1.807) is 18.2 Å². The maximum Gasteiger partial charge on any atom is 0.280 e. The predicted molar refractivity (Wildman–Crippen MR) is 88.8 cm³/mol. The molecule has 0 spiro atoms. The van der Waals surface area contributed by atoms with Crippen LogP contribution in [0.2, 0.25) is 0 Å². The molecule has 0 aliphatic rings. The average molecular weight is 378 g/mol. The summed E-state index contributed by atoms with van der Waals surface area (Å²) in [5.41, 5.74) is 0.364. The van der Waals surface area contributed by atoms with Gasteiger partial charge in [0.05, 0.1) is 22.1 Å². The molecule has 2 aromatic rings. The smallest absolute Gasteiger partial charge is 0.280 e. The monoisotopic (exact) mass is 377 g/mol. The number of nitro benzene ring substituents is 1. The summed E-state index contributed by atoms with van der Waals surface area (Å²) in [5, 5.41) is 20.7. The van der Waals surface area contributed by atoms with Gasteiger partial charge in [0.15, 0.2) is 17.3 Å². The molecule has 0 aliphatic carbocycles. The first kappa shape index (κ1) is 16.7. The van der Waals surface area contributed by atoms with Crippen molar-refractivity contribution in [2.45, 2.75) is 0 Å². The van der Waals surface area contributed by atoms with Gasteiger partial charge in [0.1, 0.15) is 0 Å². The lowest BCUT2D eigenvalue weighted by molar-refractivity contribution is -0.385. The summed E-state index contributed by atoms with van der Waals surface area (Å²) in [6, 6.07) is 8.89. The predicted octanol–water partition coefficient (Wildman–Crippen LogP) is 3.97. The molecule has 0 aliphatic heterocycles. The number of ketones is 1. The summed E-state index contributed by atoms with van der Waals surface area (Å²) in [6.45, 7) is 0. The van der Waals surface area contributed by atoms with Crippen LogP contribution in [0, 0.1) is 10.1 Å². The van der Waals surface area contributed by atoms with E-state index in [2.05, 4.69) is 15.9 Å². The van der Waals surface area contributed by atoms with Crippen LogP contribution >= 0.6 is 15.9 Å². The molecule has 2 rings (SSSR count). The molecule has 0 bridgehead atoms. The molecule has 0 heterocycles. The first-order chi connectivity index (χ1) is 10.9. The third kappa shape index (κ3) is 3.75. The van der Waals surface area contributed by atoms with Crippen LogP contribution in [-0.4, -0.2) is 22.9 Å². The average Bonchev–Trinajstić information content (AvgIpc) is 2.55. The highest BCUT2D eigenvalue weighted by Crippen LogP contribution is 2.35. The summed E-state index contributed by atoms with van der Waals surface area (Å²) in [4.78, 5) is 22.5. The first-order valence-corrected chi connectivity index (χ1v) is 7.25. The van der Waals surface area contributed by atoms with Gasteiger partial charge in [-0.15, -0.1) is 0 Å². The number of benzene rings is 2. The number of phenolic OH excluding ortho intramolecular Hbond substituents is 1. The lowest BCUT2D eigenvalue weighted by atomic mass is 10.1. The Kier molecular flexibility index (Phi) is 5.13. The van der Waals surface area contributed by atoms with Crippen molar-refractivity contribution in [2.75, 3.05) is 7.11 Å². The van der Waals surface area contributed by atoms with Crippen molar-refractivity contribution in [3.05, 3.63) is 68.2 Å². The van der Waals surface area contributed by atoms with Gasteiger partial charge in [-0.3, -0.25) is 14.9 Å². The van der Waals surface area contributed by atoms with Crippen LogP contribution in [0.4, 0.5) is 5.69 Å². The number of para-hydroxylation sites is 1. The molecule has 118 valence electrons. The number of hydrogen-bond acceptors (Lipinski definition) is 5. The fraction of sp³-hybridized carbons (Fsp3) is 0.0625. The molecule has 0 radical (unpaired) electrons. The Bertz CT molecular complexity index is 801. The number of allylic oxidation sites excluding steroid dienone is 1. The lowest BCUT2D eigenvalue weighted by Crippen LogP contribution is -2.00. The van der Waals surface area contributed by atoms with E-state index in [0.29, 0.717) is 10.0 Å². The van der Waals surface area contributed by atoms with Crippen LogP contribution in [-0.2, 0) is 0 Å². The maximum atomic E-state index is 12.2. The number of hydrogen-bond donors (Lipinski definition) is 1. The molecule has 0 saturated heterocycles. The topological polar surface area (TPSA) is 89.7 Å². The van der Waals surface area contributed by atoms with Gasteiger partial charge in [-0.2, -0.15) is 0 Å². The molecule has 6 nitrogen and oxygen atoms in total. The SMILES string of the molecule is COc1cc(/C=C/C(=O)c2ccccc2[N+](=O)[O-])cc(Br)c1O. The van der Waals surface area contributed by atoms with Gasteiger partial charge in [0.25, 0.3) is 5.69 Å². The molecule has 0 unspecified atom stereocenters. The van der Waals surface area contributed by atoms with Gasteiger partial charge in [-0.25, -0.2) is 0 Å². The highest BCUT2D eigenvalue weighted by molar-refractivity contribution is 9.10. The van der Waals surface area contributed by atoms with Crippen molar-refractivity contribution in [1.82, 2.24) is 0 Å². The molecule has 0 fully saturated rings. The van der Waals surface area contributed by atoms with Crippen molar-refractivity contribution >= 4 is 33.5 Å². The van der Waals surface area contributed by atoms with E-state index in [0.717, 1.165) is 0 Å². The van der Waals surface area contributed by atoms with Crippen molar-refractivity contribution < 1.29 is 19.6 Å². The second-order valence-electron chi connectivity index (χ2n) is 4.53. The van der Waals surface area contributed by atoms with E-state index in [1.165, 1.54) is 37.5 Å². The third-order valence-corrected chi connectivity index (χ3v) is 3.67. The molecule has 23 heavy (non-hydrogen) atoms. The maximum absolute atomic E-state index is 12.2. The zero-order chi connectivity index (χ0) is 17.0. The molecule has 2 aromatic carbocycles. The number of ether oxygens (including phenoxy) is 1. The van der Waals surface area contributed by atoms with E-state index >= 15 is 0 Å². The van der Waals surface area contributed by atoms with E-state index in [4.69, 9.17) is 4.74 Å². The molecule has 0 aromatic heterocycles. The first-order valence-electron chi connectivity index (χ1n) is 6.46. The zero-order valence-electron chi connectivity index (χ0n) is 12.0. The fourth-order valence-corrected chi connectivity index (χ4v) is 2.41. The van der Waals surface area contributed by atoms with E-state index in [9.17, 15) is 20.0 Å². The summed E-state index contributed by atoms with van der Waals surface area (Å²) in [6.07, 6.45) is 2.73. The molecule has 0 amide bonds. The number of rotatable bonds is 5. The number of carbonyl (C=O) groups excluding carboxylic acids is 1. The van der Waals surface area contributed by atoms with Crippen molar-refractivity contribution in [1.29, 1.82) is 0 Å². The summed E-state index contributed by atoms with van der Waals surface area (Å²) < 4.78 is 5.43. The van der Waals surface area contributed by atoms with Gasteiger partial charge in [-0.05, 0) is 45.8 Å². The normalized spacial score (nSPS) is 10.7. The number of carbonyl (C=O) groups is 1. The molecular formula is C16H12BrNO5. The van der Waals surface area contributed by atoms with E-state index < -0.39 is 10.7 Å². The Hall–Kier alpha value is -2.67. The Morgan fingerprint density at radius 3 is 2.70 bits per heavy atom. The number of aromatic hydroxyl groups is 1. The number of nitrogens with zero attached hydrogens (tertiary/aromatic N) is 1. The quantitative estimate of drug-likeness (QED) is 0.368. The van der Waals surface area contributed by atoms with Crippen molar-refractivity contribution in [3.8, 4) is 11.5 Å². The third-order valence-electron chi connectivity index (χ3n) is 3.06. The molecule has 1 N–H and O–H groups in total. The standard InChI is InChI=1S/C16H12BrNO5/c1-23-15-9-10(8-12(17)16(15)20)6-7-14(19)11-4-2-3-5-13(11)18(21)22/h2-9,20H,1H3/b7-6+. The minimum atomic E-state index is -0.596. The van der Waals surface area contributed by atoms with Gasteiger partial charge in [0, 0.05) is 6.07 Å². The van der Waals surface area contributed by atoms with Gasteiger partial charge >= 0.3 is 0 Å². The highest BCUT2D eigenvalue weighted by atomic mass is 79.9. The van der Waals surface area contributed by atoms with Gasteiger partial charge in [-0.1, -0.05) is 18.2 Å². The van der Waals surface area contributed by atoms with Crippen LogP contribution in [0.25, 0.3) is 6.08 Å². The Morgan fingerprint density at radius 2 is 2.04 bits per heavy atom. The minimum Gasteiger partial charge on any atom is -0.503 e. The van der Waals surface area contributed by atoms with E-state index in [1.807, 2.05) is 0 Å². The number of phenols is 1. The zero-order valence-corrected chi connectivity index (χ0v) is 13.6. The minimum absolute atomic E-state index is 0.0126. The van der Waals surface area contributed by atoms with Gasteiger partial charge < -0.3 is 9.84 Å². The summed E-state index contributed by atoms with van der Waals surface area (Å²) in [5.74, 6) is -0.285. The lowest BCUT2D eigenvalue weighted by Gasteiger charge is -2.06. The van der Waals surface area contributed by atoms with Crippen LogP contribution in [0.15, 0.2) is 46.9 Å². The second kappa shape index (κ2) is 7.06. The Labute approximate surface area is 140 Å². The van der Waals surface area contributed by atoms with Gasteiger partial charge in [0.2, 0.25) is 0 Å².